The Morgan fingerprint density at radius 1 is 1.12 bits per heavy atom. The summed E-state index contributed by atoms with van der Waals surface area (Å²) in [6, 6.07) is 9.22. The molecule has 0 spiro atoms. The largest absolute Gasteiger partial charge is 0.264 e. The van der Waals surface area contributed by atoms with E-state index in [1.807, 2.05) is 12.1 Å². The molecular weight excluding hydrogens is 255 g/mol. The molecule has 0 bridgehead atoms. The van der Waals surface area contributed by atoms with E-state index in [0.717, 1.165) is 5.56 Å². The van der Waals surface area contributed by atoms with Crippen LogP contribution in [-0.2, 0) is 6.42 Å². The maximum atomic E-state index is 6.00. The summed E-state index contributed by atoms with van der Waals surface area (Å²) in [7, 11) is 0. The fourth-order valence-corrected chi connectivity index (χ4v) is 1.87. The minimum Gasteiger partial charge on any atom is -0.264 e. The number of rotatable bonds is 3. The van der Waals surface area contributed by atoms with E-state index in [9.17, 15) is 0 Å². The Morgan fingerprint density at radius 2 is 1.88 bits per heavy atom. The second-order valence-electron chi connectivity index (χ2n) is 3.45. The first kappa shape index (κ1) is 12.1. The third kappa shape index (κ3) is 3.29. The van der Waals surface area contributed by atoms with Crippen LogP contribution in [-0.4, -0.2) is 11.2 Å². The van der Waals surface area contributed by atoms with E-state index in [2.05, 4.69) is 9.98 Å². The molecule has 1 aromatic carbocycles. The van der Waals surface area contributed by atoms with Gasteiger partial charge >= 0.3 is 0 Å². The van der Waals surface area contributed by atoms with E-state index in [0.29, 0.717) is 22.2 Å². The zero-order valence-corrected chi connectivity index (χ0v) is 10.5. The lowest BCUT2D eigenvalue weighted by molar-refractivity contribution is 1.23. The Kier molecular flexibility index (Phi) is 4.13. The van der Waals surface area contributed by atoms with Crippen LogP contribution in [0.25, 0.3) is 0 Å². The number of aromatic nitrogens is 1. The lowest BCUT2D eigenvalue weighted by Gasteiger charge is -2.00. The van der Waals surface area contributed by atoms with E-state index >= 15 is 0 Å². The molecule has 0 radical (unpaired) electrons. The fraction of sp³-hybridized carbons (Fsp3) is 0.0769. The summed E-state index contributed by atoms with van der Waals surface area (Å²) in [5.41, 5.74) is 1.71. The highest BCUT2D eigenvalue weighted by molar-refractivity contribution is 6.38. The van der Waals surface area contributed by atoms with Crippen molar-refractivity contribution in [2.45, 2.75) is 6.42 Å². The third-order valence-electron chi connectivity index (χ3n) is 2.21. The lowest BCUT2D eigenvalue weighted by atomic mass is 10.2. The highest BCUT2D eigenvalue weighted by Crippen LogP contribution is 2.32. The lowest BCUT2D eigenvalue weighted by Crippen LogP contribution is -1.86. The SMILES string of the molecule is Clc1cccc(Cl)c1N=CCc1cccnc1. The number of benzene rings is 1. The molecule has 2 rings (SSSR count). The molecule has 1 aromatic heterocycles. The number of para-hydroxylation sites is 1. The molecule has 0 fully saturated rings. The number of halogens is 2. The van der Waals surface area contributed by atoms with Gasteiger partial charge in [-0.05, 0) is 23.8 Å². The predicted octanol–water partition coefficient (Wildman–Crippen LogP) is 4.33. The zero-order chi connectivity index (χ0) is 12.1. The average Bonchev–Trinajstić information content (AvgIpc) is 2.34. The molecule has 0 aliphatic rings. The maximum Gasteiger partial charge on any atom is 0.0998 e. The molecule has 86 valence electrons. The number of nitrogens with zero attached hydrogens (tertiary/aromatic N) is 2. The van der Waals surface area contributed by atoms with Crippen LogP contribution in [0, 0.1) is 0 Å². The van der Waals surface area contributed by atoms with Crippen LogP contribution in [0.1, 0.15) is 5.56 Å². The van der Waals surface area contributed by atoms with Crippen molar-refractivity contribution in [2.75, 3.05) is 0 Å². The van der Waals surface area contributed by atoms with Gasteiger partial charge in [-0.25, -0.2) is 0 Å². The Balaban J connectivity index is 2.11. The monoisotopic (exact) mass is 264 g/mol. The molecule has 0 saturated heterocycles. The Labute approximate surface area is 110 Å². The molecule has 2 aromatic rings. The molecule has 2 nitrogen and oxygen atoms in total. The summed E-state index contributed by atoms with van der Waals surface area (Å²) >= 11 is 12.0. The number of aliphatic imine (C=N–C) groups is 1. The van der Waals surface area contributed by atoms with E-state index in [1.165, 1.54) is 0 Å². The number of hydrogen-bond donors (Lipinski definition) is 0. The van der Waals surface area contributed by atoms with Gasteiger partial charge in [-0.1, -0.05) is 35.3 Å². The topological polar surface area (TPSA) is 25.2 Å². The van der Waals surface area contributed by atoms with Gasteiger partial charge in [0.25, 0.3) is 0 Å². The van der Waals surface area contributed by atoms with Gasteiger partial charge in [0.15, 0.2) is 0 Å². The van der Waals surface area contributed by atoms with Gasteiger partial charge in [0.05, 0.1) is 15.7 Å². The molecule has 0 atom stereocenters. The zero-order valence-electron chi connectivity index (χ0n) is 8.98. The molecule has 0 aliphatic carbocycles. The number of hydrogen-bond acceptors (Lipinski definition) is 2. The molecule has 0 saturated carbocycles. The average molecular weight is 265 g/mol. The van der Waals surface area contributed by atoms with Gasteiger partial charge in [-0.2, -0.15) is 0 Å². The first-order valence-electron chi connectivity index (χ1n) is 5.13. The smallest absolute Gasteiger partial charge is 0.0998 e. The van der Waals surface area contributed by atoms with Gasteiger partial charge in [0, 0.05) is 25.0 Å². The van der Waals surface area contributed by atoms with Gasteiger partial charge < -0.3 is 0 Å². The van der Waals surface area contributed by atoms with Crippen LogP contribution in [0.4, 0.5) is 5.69 Å². The summed E-state index contributed by atoms with van der Waals surface area (Å²) < 4.78 is 0. The first-order chi connectivity index (χ1) is 8.27. The summed E-state index contributed by atoms with van der Waals surface area (Å²) in [4.78, 5) is 8.32. The quantitative estimate of drug-likeness (QED) is 0.758. The van der Waals surface area contributed by atoms with Crippen molar-refractivity contribution in [3.63, 3.8) is 0 Å². The van der Waals surface area contributed by atoms with Crippen molar-refractivity contribution in [2.24, 2.45) is 4.99 Å². The van der Waals surface area contributed by atoms with Gasteiger partial charge in [0.1, 0.15) is 0 Å². The van der Waals surface area contributed by atoms with Crippen LogP contribution in [0.5, 0.6) is 0 Å². The molecule has 0 amide bonds. The van der Waals surface area contributed by atoms with E-state index in [4.69, 9.17) is 23.2 Å². The maximum absolute atomic E-state index is 6.00. The Bertz CT molecular complexity index is 504. The molecule has 4 heteroatoms. The molecule has 0 aliphatic heterocycles. The van der Waals surface area contributed by atoms with E-state index < -0.39 is 0 Å². The molecule has 1 heterocycles. The van der Waals surface area contributed by atoms with Gasteiger partial charge in [0.2, 0.25) is 0 Å². The molecule has 0 N–H and O–H groups in total. The van der Waals surface area contributed by atoms with E-state index in [1.54, 1.807) is 36.8 Å². The van der Waals surface area contributed by atoms with Gasteiger partial charge in [-0.15, -0.1) is 0 Å². The second kappa shape index (κ2) is 5.80. The predicted molar refractivity (Wildman–Crippen MR) is 72.6 cm³/mol. The standard InChI is InChI=1S/C13H10Cl2N2/c14-11-4-1-5-12(15)13(11)17-8-6-10-3-2-7-16-9-10/h1-5,7-9H,6H2. The van der Waals surface area contributed by atoms with Crippen molar-refractivity contribution in [1.82, 2.24) is 4.98 Å². The molecule has 0 unspecified atom stereocenters. The minimum atomic E-state index is 0.555. The highest BCUT2D eigenvalue weighted by atomic mass is 35.5. The van der Waals surface area contributed by atoms with Crippen LogP contribution in [0.15, 0.2) is 47.7 Å². The van der Waals surface area contributed by atoms with Crippen molar-refractivity contribution in [1.29, 1.82) is 0 Å². The van der Waals surface area contributed by atoms with Crippen LogP contribution < -0.4 is 0 Å². The van der Waals surface area contributed by atoms with Crippen LogP contribution in [0.2, 0.25) is 10.0 Å². The first-order valence-corrected chi connectivity index (χ1v) is 5.88. The summed E-state index contributed by atoms with van der Waals surface area (Å²) in [6.07, 6.45) is 6.03. The van der Waals surface area contributed by atoms with Crippen LogP contribution >= 0.6 is 23.2 Å². The van der Waals surface area contributed by atoms with Crippen molar-refractivity contribution < 1.29 is 0 Å². The summed E-state index contributed by atoms with van der Waals surface area (Å²) in [5, 5.41) is 1.11. The van der Waals surface area contributed by atoms with Crippen molar-refractivity contribution in [3.05, 3.63) is 58.3 Å². The Hall–Kier alpha value is -1.38. The van der Waals surface area contributed by atoms with Crippen molar-refractivity contribution in [3.8, 4) is 0 Å². The van der Waals surface area contributed by atoms with Crippen molar-refractivity contribution >= 4 is 35.1 Å². The second-order valence-corrected chi connectivity index (χ2v) is 4.26. The van der Waals surface area contributed by atoms with E-state index in [-0.39, 0.29) is 0 Å². The summed E-state index contributed by atoms with van der Waals surface area (Å²) in [6.45, 7) is 0. The fourth-order valence-electron chi connectivity index (χ4n) is 1.37. The minimum absolute atomic E-state index is 0.555. The summed E-state index contributed by atoms with van der Waals surface area (Å²) in [5.74, 6) is 0. The van der Waals surface area contributed by atoms with Crippen LogP contribution in [0.3, 0.4) is 0 Å². The molecule has 17 heavy (non-hydrogen) atoms. The highest BCUT2D eigenvalue weighted by Gasteiger charge is 2.01. The van der Waals surface area contributed by atoms with Gasteiger partial charge in [-0.3, -0.25) is 9.98 Å². The third-order valence-corrected chi connectivity index (χ3v) is 2.82. The normalized spacial score (nSPS) is 10.9. The Morgan fingerprint density at radius 3 is 2.53 bits per heavy atom. The number of pyridine rings is 1. The molecular formula is C13H10Cl2N2.